The predicted octanol–water partition coefficient (Wildman–Crippen LogP) is 3.75. The van der Waals surface area contributed by atoms with Crippen LogP contribution in [0, 0.1) is 18.8 Å². The first-order valence-corrected chi connectivity index (χ1v) is 8.67. The lowest BCUT2D eigenvalue weighted by atomic mass is 9.70. The number of nitrogens with zero attached hydrogens (tertiary/aromatic N) is 2. The van der Waals surface area contributed by atoms with Crippen LogP contribution in [0.15, 0.2) is 12.1 Å². The maximum atomic E-state index is 12.4. The van der Waals surface area contributed by atoms with Crippen LogP contribution in [0.5, 0.6) is 0 Å². The van der Waals surface area contributed by atoms with Crippen molar-refractivity contribution in [1.82, 2.24) is 9.88 Å². The fourth-order valence-corrected chi connectivity index (χ4v) is 3.65. The summed E-state index contributed by atoms with van der Waals surface area (Å²) in [6.07, 6.45) is -0.339. The van der Waals surface area contributed by atoms with Crippen molar-refractivity contribution in [2.45, 2.75) is 52.7 Å². The van der Waals surface area contributed by atoms with E-state index in [1.807, 2.05) is 47.6 Å². The lowest BCUT2D eigenvalue weighted by Crippen LogP contribution is -2.56. The van der Waals surface area contributed by atoms with Crippen molar-refractivity contribution >= 4 is 17.7 Å². The lowest BCUT2D eigenvalue weighted by Gasteiger charge is -2.48. The van der Waals surface area contributed by atoms with Gasteiger partial charge in [-0.1, -0.05) is 31.5 Å². The SMILES string of the molecule is Cc1nc(Cl)ccc1C1(O)[C@H](C)CN(C(=O)OC(C)(C)C)C[C@@H]1C. The smallest absolute Gasteiger partial charge is 0.410 e. The van der Waals surface area contributed by atoms with Gasteiger partial charge in [0.15, 0.2) is 0 Å². The number of amides is 1. The first-order valence-electron chi connectivity index (χ1n) is 8.29. The Bertz CT molecular complexity index is 615. The molecule has 1 aromatic heterocycles. The summed E-state index contributed by atoms with van der Waals surface area (Å²) in [5.74, 6) is -0.314. The van der Waals surface area contributed by atoms with Gasteiger partial charge in [0.2, 0.25) is 0 Å². The van der Waals surface area contributed by atoms with Crippen LogP contribution in [-0.4, -0.2) is 39.8 Å². The van der Waals surface area contributed by atoms with Gasteiger partial charge in [0.25, 0.3) is 0 Å². The minimum atomic E-state index is -1.06. The van der Waals surface area contributed by atoms with E-state index >= 15 is 0 Å². The van der Waals surface area contributed by atoms with Crippen LogP contribution in [0.25, 0.3) is 0 Å². The molecule has 2 heterocycles. The van der Waals surface area contributed by atoms with E-state index in [-0.39, 0.29) is 17.9 Å². The number of hydrogen-bond donors (Lipinski definition) is 1. The summed E-state index contributed by atoms with van der Waals surface area (Å²) >= 11 is 5.94. The summed E-state index contributed by atoms with van der Waals surface area (Å²) in [6, 6.07) is 3.53. The Hall–Kier alpha value is -1.33. The standard InChI is InChI=1S/C18H27ClN2O3/c1-11-9-21(16(22)24-17(4,5)6)10-12(2)18(11,23)14-7-8-15(19)20-13(14)3/h7-8,11-12,23H,9-10H2,1-6H3/t11-,12+,18?. The van der Waals surface area contributed by atoms with Crippen molar-refractivity contribution < 1.29 is 14.6 Å². The number of aliphatic hydroxyl groups is 1. The Morgan fingerprint density at radius 2 is 1.88 bits per heavy atom. The molecule has 1 amide bonds. The minimum absolute atomic E-state index is 0.157. The summed E-state index contributed by atoms with van der Waals surface area (Å²) < 4.78 is 5.46. The zero-order chi connectivity index (χ0) is 18.3. The third-order valence-corrected chi connectivity index (χ3v) is 4.84. The van der Waals surface area contributed by atoms with Crippen molar-refractivity contribution in [2.75, 3.05) is 13.1 Å². The van der Waals surface area contributed by atoms with Crippen LogP contribution < -0.4 is 0 Å². The van der Waals surface area contributed by atoms with Gasteiger partial charge in [-0.25, -0.2) is 9.78 Å². The largest absolute Gasteiger partial charge is 0.444 e. The first kappa shape index (κ1) is 19.0. The Balaban J connectivity index is 2.26. The number of carbonyl (C=O) groups excluding carboxylic acids is 1. The molecule has 0 spiro atoms. The fourth-order valence-electron chi connectivity index (χ4n) is 3.46. The Morgan fingerprint density at radius 1 is 1.33 bits per heavy atom. The number of halogens is 1. The average Bonchev–Trinajstić information content (AvgIpc) is 2.42. The first-order chi connectivity index (χ1) is 10.9. The minimum Gasteiger partial charge on any atom is -0.444 e. The number of hydrogen-bond acceptors (Lipinski definition) is 4. The summed E-state index contributed by atoms with van der Waals surface area (Å²) in [5, 5.41) is 11.8. The fraction of sp³-hybridized carbons (Fsp3) is 0.667. The van der Waals surface area contributed by atoms with Gasteiger partial charge in [0, 0.05) is 36.2 Å². The highest BCUT2D eigenvalue weighted by Gasteiger charge is 2.48. The lowest BCUT2D eigenvalue weighted by molar-refractivity contribution is -0.112. The third-order valence-electron chi connectivity index (χ3n) is 4.63. The molecule has 134 valence electrons. The second-order valence-electron chi connectivity index (χ2n) is 7.78. The maximum Gasteiger partial charge on any atom is 0.410 e. The van der Waals surface area contributed by atoms with E-state index in [1.165, 1.54) is 0 Å². The van der Waals surface area contributed by atoms with Crippen molar-refractivity contribution in [2.24, 2.45) is 11.8 Å². The van der Waals surface area contributed by atoms with Crippen LogP contribution in [-0.2, 0) is 10.3 Å². The molecule has 1 aliphatic rings. The van der Waals surface area contributed by atoms with E-state index in [0.717, 1.165) is 11.3 Å². The number of pyridine rings is 1. The Kier molecular flexibility index (Phi) is 5.17. The molecule has 3 atom stereocenters. The van der Waals surface area contributed by atoms with Gasteiger partial charge in [0.05, 0.1) is 5.60 Å². The molecule has 6 heteroatoms. The third kappa shape index (κ3) is 3.67. The molecule has 5 nitrogen and oxygen atoms in total. The van der Waals surface area contributed by atoms with Crippen LogP contribution >= 0.6 is 11.6 Å². The number of ether oxygens (including phenoxy) is 1. The summed E-state index contributed by atoms with van der Waals surface area (Å²) in [6.45, 7) is 12.1. The summed E-state index contributed by atoms with van der Waals surface area (Å²) in [5.41, 5.74) is -0.0982. The molecule has 0 aliphatic carbocycles. The van der Waals surface area contributed by atoms with Crippen molar-refractivity contribution in [1.29, 1.82) is 0 Å². The van der Waals surface area contributed by atoms with Gasteiger partial charge >= 0.3 is 6.09 Å². The average molecular weight is 355 g/mol. The van der Waals surface area contributed by atoms with Crippen LogP contribution in [0.3, 0.4) is 0 Å². The molecule has 0 saturated carbocycles. The molecule has 1 aromatic rings. The molecule has 1 aliphatic heterocycles. The van der Waals surface area contributed by atoms with Gasteiger partial charge in [-0.15, -0.1) is 0 Å². The van der Waals surface area contributed by atoms with E-state index in [1.54, 1.807) is 11.0 Å². The second kappa shape index (κ2) is 6.52. The van der Waals surface area contributed by atoms with Gasteiger partial charge in [0.1, 0.15) is 10.8 Å². The molecular weight excluding hydrogens is 328 g/mol. The van der Waals surface area contributed by atoms with Crippen LogP contribution in [0.4, 0.5) is 4.79 Å². The van der Waals surface area contributed by atoms with Crippen LogP contribution in [0.1, 0.15) is 45.9 Å². The van der Waals surface area contributed by atoms with Gasteiger partial charge < -0.3 is 14.7 Å². The molecule has 0 radical (unpaired) electrons. The van der Waals surface area contributed by atoms with E-state index < -0.39 is 11.2 Å². The second-order valence-corrected chi connectivity index (χ2v) is 8.17. The molecule has 1 saturated heterocycles. The highest BCUT2D eigenvalue weighted by Crippen LogP contribution is 2.42. The molecule has 1 fully saturated rings. The number of piperidine rings is 1. The number of carbonyl (C=O) groups is 1. The quantitative estimate of drug-likeness (QED) is 0.780. The topological polar surface area (TPSA) is 62.7 Å². The van der Waals surface area contributed by atoms with Crippen LogP contribution in [0.2, 0.25) is 5.15 Å². The van der Waals surface area contributed by atoms with E-state index in [2.05, 4.69) is 4.98 Å². The maximum absolute atomic E-state index is 12.4. The Morgan fingerprint density at radius 3 is 2.33 bits per heavy atom. The van der Waals surface area contributed by atoms with E-state index in [0.29, 0.717) is 18.2 Å². The number of likely N-dealkylation sites (tertiary alicyclic amines) is 1. The van der Waals surface area contributed by atoms with Gasteiger partial charge in [-0.2, -0.15) is 0 Å². The van der Waals surface area contributed by atoms with E-state index in [9.17, 15) is 9.90 Å². The molecule has 1 N–H and O–H groups in total. The number of rotatable bonds is 1. The zero-order valence-corrected chi connectivity index (χ0v) is 16.0. The molecule has 24 heavy (non-hydrogen) atoms. The summed E-state index contributed by atoms with van der Waals surface area (Å²) in [7, 11) is 0. The molecular formula is C18H27ClN2O3. The van der Waals surface area contributed by atoms with Gasteiger partial charge in [-0.3, -0.25) is 0 Å². The Labute approximate surface area is 149 Å². The number of aromatic nitrogens is 1. The van der Waals surface area contributed by atoms with Crippen molar-refractivity contribution in [3.8, 4) is 0 Å². The molecule has 2 rings (SSSR count). The van der Waals surface area contributed by atoms with Crippen molar-refractivity contribution in [3.63, 3.8) is 0 Å². The molecule has 1 unspecified atom stereocenters. The number of aryl methyl sites for hydroxylation is 1. The normalized spacial score (nSPS) is 27.9. The van der Waals surface area contributed by atoms with E-state index in [4.69, 9.17) is 16.3 Å². The highest BCUT2D eigenvalue weighted by atomic mass is 35.5. The molecule has 0 bridgehead atoms. The molecule has 0 aromatic carbocycles. The zero-order valence-electron chi connectivity index (χ0n) is 15.3. The highest BCUT2D eigenvalue weighted by molar-refractivity contribution is 6.29. The summed E-state index contributed by atoms with van der Waals surface area (Å²) in [4.78, 5) is 18.3. The monoisotopic (exact) mass is 354 g/mol. The predicted molar refractivity (Wildman–Crippen MR) is 94.0 cm³/mol. The van der Waals surface area contributed by atoms with Crippen molar-refractivity contribution in [3.05, 3.63) is 28.5 Å². The van der Waals surface area contributed by atoms with Gasteiger partial charge in [-0.05, 0) is 33.8 Å².